The number of ether oxygens (including phenoxy) is 2. The fraction of sp³-hybridized carbons (Fsp3) is 0.200. The van der Waals surface area contributed by atoms with Gasteiger partial charge in [-0.2, -0.15) is 5.10 Å². The second-order valence-corrected chi connectivity index (χ2v) is 7.90. The molecule has 1 aliphatic rings. The van der Waals surface area contributed by atoms with Crippen LogP contribution in [0.1, 0.15) is 29.2 Å². The molecule has 0 saturated carbocycles. The van der Waals surface area contributed by atoms with Crippen LogP contribution in [0.3, 0.4) is 0 Å². The molecule has 1 amide bonds. The summed E-state index contributed by atoms with van der Waals surface area (Å²) in [4.78, 5) is 22.9. The highest BCUT2D eigenvalue weighted by molar-refractivity contribution is 5.85. The molecule has 0 radical (unpaired) electrons. The van der Waals surface area contributed by atoms with E-state index in [0.29, 0.717) is 30.1 Å². The molecule has 1 heterocycles. The first kappa shape index (κ1) is 23.9. The van der Waals surface area contributed by atoms with Gasteiger partial charge in [0, 0.05) is 23.7 Å². The summed E-state index contributed by atoms with van der Waals surface area (Å²) in [6.07, 6.45) is 1.86. The summed E-state index contributed by atoms with van der Waals surface area (Å²) < 4.78 is 11.4. The molecule has 180 valence electrons. The lowest BCUT2D eigenvalue weighted by Crippen LogP contribution is -2.41. The topological polar surface area (TPSA) is 127 Å². The van der Waals surface area contributed by atoms with Gasteiger partial charge in [-0.1, -0.05) is 48.5 Å². The van der Waals surface area contributed by atoms with E-state index in [2.05, 4.69) is 21.4 Å². The highest BCUT2D eigenvalue weighted by atomic mass is 16.6. The van der Waals surface area contributed by atoms with Gasteiger partial charge in [0.2, 0.25) is 0 Å². The summed E-state index contributed by atoms with van der Waals surface area (Å²) in [5, 5.41) is 14.8. The Labute approximate surface area is 202 Å². The lowest BCUT2D eigenvalue weighted by molar-refractivity contribution is -0.384. The first-order chi connectivity index (χ1) is 17.0. The summed E-state index contributed by atoms with van der Waals surface area (Å²) in [7, 11) is 1.59. The van der Waals surface area contributed by atoms with E-state index in [9.17, 15) is 14.9 Å². The van der Waals surface area contributed by atoms with E-state index >= 15 is 0 Å². The van der Waals surface area contributed by atoms with Crippen molar-refractivity contribution in [3.8, 4) is 11.5 Å². The second kappa shape index (κ2) is 11.2. The van der Waals surface area contributed by atoms with E-state index in [-0.39, 0.29) is 17.6 Å². The average Bonchev–Trinajstić information content (AvgIpc) is 3.39. The van der Waals surface area contributed by atoms with Crippen molar-refractivity contribution in [2.24, 2.45) is 5.10 Å². The molecule has 10 nitrogen and oxygen atoms in total. The Morgan fingerprint density at radius 2 is 1.94 bits per heavy atom. The summed E-state index contributed by atoms with van der Waals surface area (Å²) in [6, 6.07) is 20.9. The monoisotopic (exact) mass is 475 g/mol. The molecule has 3 aromatic carbocycles. The molecule has 1 fully saturated rings. The van der Waals surface area contributed by atoms with Gasteiger partial charge in [0.05, 0.1) is 18.2 Å². The molecule has 0 spiro atoms. The van der Waals surface area contributed by atoms with Crippen molar-refractivity contribution in [3.63, 3.8) is 0 Å². The third-order valence-corrected chi connectivity index (χ3v) is 5.52. The van der Waals surface area contributed by atoms with Crippen LogP contribution >= 0.6 is 0 Å². The number of hydrogen-bond acceptors (Lipinski definition) is 8. The lowest BCUT2D eigenvalue weighted by Gasteiger charge is -2.15. The Bertz CT molecular complexity index is 1220. The van der Waals surface area contributed by atoms with Crippen molar-refractivity contribution in [2.75, 3.05) is 7.11 Å². The van der Waals surface area contributed by atoms with E-state index in [4.69, 9.17) is 9.47 Å². The average molecular weight is 476 g/mol. The number of benzene rings is 3. The van der Waals surface area contributed by atoms with Crippen molar-refractivity contribution in [1.29, 1.82) is 0 Å². The van der Waals surface area contributed by atoms with Crippen LogP contribution in [0.2, 0.25) is 0 Å². The first-order valence-electron chi connectivity index (χ1n) is 11.0. The highest BCUT2D eigenvalue weighted by Crippen LogP contribution is 2.33. The molecule has 0 aliphatic carbocycles. The van der Waals surface area contributed by atoms with Gasteiger partial charge in [0.25, 0.3) is 11.6 Å². The molecule has 4 rings (SSSR count). The SMILES string of the molecule is COc1cc(C2CC(C(=O)N/N=C/c3cccc([N+](=O)[O-])c3)NN2)ccc1OCc1ccccc1. The molecule has 0 bridgehead atoms. The minimum Gasteiger partial charge on any atom is -0.493 e. The number of methoxy groups -OCH3 is 1. The van der Waals surface area contributed by atoms with E-state index in [1.807, 2.05) is 48.5 Å². The van der Waals surface area contributed by atoms with Gasteiger partial charge in [0.1, 0.15) is 12.6 Å². The lowest BCUT2D eigenvalue weighted by atomic mass is 10.0. The Hall–Kier alpha value is -4.28. The Balaban J connectivity index is 1.33. The molecule has 1 saturated heterocycles. The van der Waals surface area contributed by atoms with Crippen molar-refractivity contribution >= 4 is 17.8 Å². The minimum absolute atomic E-state index is 0.0447. The zero-order chi connectivity index (χ0) is 24.6. The summed E-state index contributed by atoms with van der Waals surface area (Å²) in [5.74, 6) is 0.919. The maximum atomic E-state index is 12.5. The normalized spacial score (nSPS) is 17.3. The van der Waals surface area contributed by atoms with Crippen molar-refractivity contribution < 1.29 is 19.2 Å². The first-order valence-corrected chi connectivity index (χ1v) is 11.0. The number of non-ortho nitro benzene ring substituents is 1. The van der Waals surface area contributed by atoms with Gasteiger partial charge in [-0.25, -0.2) is 16.3 Å². The number of nitro groups is 1. The fourth-order valence-corrected chi connectivity index (χ4v) is 3.67. The molecular formula is C25H25N5O5. The molecule has 1 aliphatic heterocycles. The Morgan fingerprint density at radius 1 is 1.11 bits per heavy atom. The third-order valence-electron chi connectivity index (χ3n) is 5.52. The van der Waals surface area contributed by atoms with Crippen LogP contribution in [-0.4, -0.2) is 30.2 Å². The van der Waals surface area contributed by atoms with E-state index in [1.165, 1.54) is 18.3 Å². The maximum Gasteiger partial charge on any atom is 0.270 e. The van der Waals surface area contributed by atoms with Crippen LogP contribution in [0.5, 0.6) is 11.5 Å². The van der Waals surface area contributed by atoms with E-state index in [0.717, 1.165) is 11.1 Å². The molecule has 2 unspecified atom stereocenters. The van der Waals surface area contributed by atoms with Crippen molar-refractivity contribution in [3.05, 3.63) is 99.6 Å². The predicted octanol–water partition coefficient (Wildman–Crippen LogP) is 3.24. The third kappa shape index (κ3) is 6.19. The second-order valence-electron chi connectivity index (χ2n) is 7.90. The van der Waals surface area contributed by atoms with E-state index < -0.39 is 11.0 Å². The quantitative estimate of drug-likeness (QED) is 0.246. The summed E-state index contributed by atoms with van der Waals surface area (Å²) in [5.41, 5.74) is 11.0. The highest BCUT2D eigenvalue weighted by Gasteiger charge is 2.30. The molecular weight excluding hydrogens is 450 g/mol. The van der Waals surface area contributed by atoms with E-state index in [1.54, 1.807) is 19.2 Å². The zero-order valence-electron chi connectivity index (χ0n) is 19.0. The summed E-state index contributed by atoms with van der Waals surface area (Å²) in [6.45, 7) is 0.429. The van der Waals surface area contributed by atoms with Crippen LogP contribution < -0.4 is 25.8 Å². The number of rotatable bonds is 9. The number of nitrogens with zero attached hydrogens (tertiary/aromatic N) is 2. The zero-order valence-corrected chi connectivity index (χ0v) is 19.0. The Kier molecular flexibility index (Phi) is 7.66. The van der Waals surface area contributed by atoms with Crippen molar-refractivity contribution in [1.82, 2.24) is 16.3 Å². The van der Waals surface area contributed by atoms with Crippen LogP contribution in [0.25, 0.3) is 0 Å². The van der Waals surface area contributed by atoms with Gasteiger partial charge >= 0.3 is 0 Å². The van der Waals surface area contributed by atoms with Crippen LogP contribution in [-0.2, 0) is 11.4 Å². The number of amides is 1. The molecule has 10 heteroatoms. The maximum absolute atomic E-state index is 12.5. The van der Waals surface area contributed by atoms with Crippen molar-refractivity contribution in [2.45, 2.75) is 25.1 Å². The smallest absolute Gasteiger partial charge is 0.270 e. The number of hydrazone groups is 1. The van der Waals surface area contributed by atoms with Gasteiger partial charge < -0.3 is 9.47 Å². The standard InChI is InChI=1S/C25H25N5O5/c1-34-24-13-19(10-11-23(24)35-16-17-6-3-2-4-7-17)21-14-22(28-27-21)25(31)29-26-15-18-8-5-9-20(12-18)30(32)33/h2-13,15,21-22,27-28H,14,16H2,1H3,(H,29,31)/b26-15+. The number of nitrogens with one attached hydrogen (secondary N) is 3. The van der Waals surface area contributed by atoms with Crippen LogP contribution in [0.4, 0.5) is 5.69 Å². The minimum atomic E-state index is -0.512. The summed E-state index contributed by atoms with van der Waals surface area (Å²) >= 11 is 0. The van der Waals surface area contributed by atoms with Gasteiger partial charge in [-0.05, 0) is 29.7 Å². The molecule has 3 aromatic rings. The fourth-order valence-electron chi connectivity index (χ4n) is 3.67. The van der Waals surface area contributed by atoms with Gasteiger partial charge in [-0.3, -0.25) is 14.9 Å². The number of hydrogen-bond donors (Lipinski definition) is 3. The van der Waals surface area contributed by atoms with Crippen LogP contribution in [0.15, 0.2) is 77.9 Å². The Morgan fingerprint density at radius 3 is 2.71 bits per heavy atom. The largest absolute Gasteiger partial charge is 0.493 e. The predicted molar refractivity (Wildman–Crippen MR) is 130 cm³/mol. The molecule has 0 aromatic heterocycles. The molecule has 3 N–H and O–H groups in total. The van der Waals surface area contributed by atoms with Crippen LogP contribution in [0, 0.1) is 10.1 Å². The molecule has 2 atom stereocenters. The number of nitro benzene ring substituents is 1. The number of carbonyl (C=O) groups excluding carboxylic acids is 1. The number of hydrazine groups is 1. The van der Waals surface area contributed by atoms with Gasteiger partial charge in [-0.15, -0.1) is 0 Å². The molecule has 35 heavy (non-hydrogen) atoms. The van der Waals surface area contributed by atoms with Gasteiger partial charge in [0.15, 0.2) is 11.5 Å². The number of carbonyl (C=O) groups is 1.